The van der Waals surface area contributed by atoms with E-state index in [-0.39, 0.29) is 0 Å². The number of primary amides is 1. The summed E-state index contributed by atoms with van der Waals surface area (Å²) in [6.45, 7) is 0.332. The zero-order valence-corrected chi connectivity index (χ0v) is 10.7. The van der Waals surface area contributed by atoms with Crippen LogP contribution in [-0.4, -0.2) is 20.7 Å². The molecule has 0 spiro atoms. The lowest BCUT2D eigenvalue weighted by molar-refractivity contribution is 0.100. The summed E-state index contributed by atoms with van der Waals surface area (Å²) in [4.78, 5) is 15.7. The zero-order chi connectivity index (χ0) is 14.1. The van der Waals surface area contributed by atoms with Crippen molar-refractivity contribution >= 4 is 16.8 Å². The Bertz CT molecular complexity index is 793. The number of hydrogen-bond donors (Lipinski definition) is 2. The summed E-state index contributed by atoms with van der Waals surface area (Å²) in [5.41, 5.74) is 13.0. The summed E-state index contributed by atoms with van der Waals surface area (Å²) in [5, 5.41) is 5.13. The van der Waals surface area contributed by atoms with E-state index in [0.717, 1.165) is 16.5 Å². The smallest absolute Gasteiger partial charge is 0.251 e. The van der Waals surface area contributed by atoms with E-state index in [0.29, 0.717) is 17.9 Å². The molecule has 0 radical (unpaired) electrons. The van der Waals surface area contributed by atoms with Crippen molar-refractivity contribution in [2.45, 2.75) is 6.54 Å². The highest BCUT2D eigenvalue weighted by Crippen LogP contribution is 2.19. The predicted octanol–water partition coefficient (Wildman–Crippen LogP) is 0.978. The van der Waals surface area contributed by atoms with Gasteiger partial charge in [-0.2, -0.15) is 5.10 Å². The number of nitrogens with zero attached hydrogens (tertiary/aromatic N) is 3. The molecule has 0 unspecified atom stereocenters. The number of nitrogens with two attached hydrogens (primary N) is 2. The van der Waals surface area contributed by atoms with Gasteiger partial charge in [0.1, 0.15) is 0 Å². The minimum atomic E-state index is -0.522. The summed E-state index contributed by atoms with van der Waals surface area (Å²) >= 11 is 0. The fraction of sp³-hybridized carbons (Fsp3) is 0.0714. The number of amides is 1. The van der Waals surface area contributed by atoms with E-state index >= 15 is 0 Å². The third kappa shape index (κ3) is 2.02. The molecule has 6 nitrogen and oxygen atoms in total. The molecule has 0 aliphatic carbocycles. The van der Waals surface area contributed by atoms with Gasteiger partial charge in [-0.25, -0.2) is 9.67 Å². The fourth-order valence-electron chi connectivity index (χ4n) is 2.06. The van der Waals surface area contributed by atoms with Crippen molar-refractivity contribution < 1.29 is 4.79 Å². The Balaban J connectivity index is 2.20. The molecule has 2 aromatic heterocycles. The van der Waals surface area contributed by atoms with Crippen LogP contribution in [0.5, 0.6) is 0 Å². The second kappa shape index (κ2) is 4.75. The van der Waals surface area contributed by atoms with E-state index in [4.69, 9.17) is 11.5 Å². The Hall–Kier alpha value is -2.73. The Kier molecular flexibility index (Phi) is 2.92. The molecule has 0 atom stereocenters. The molecular weight excluding hydrogens is 254 g/mol. The maximum absolute atomic E-state index is 11.1. The summed E-state index contributed by atoms with van der Waals surface area (Å²) in [6.07, 6.45) is 2.97. The van der Waals surface area contributed by atoms with Crippen molar-refractivity contribution in [3.8, 4) is 5.82 Å². The molecule has 6 heteroatoms. The summed E-state index contributed by atoms with van der Waals surface area (Å²) in [5.74, 6) is 0.0880. The number of carbonyl (C=O) groups is 1. The van der Waals surface area contributed by atoms with Gasteiger partial charge in [0, 0.05) is 23.7 Å². The minimum Gasteiger partial charge on any atom is -0.366 e. The maximum atomic E-state index is 11.1. The molecule has 0 aliphatic rings. The van der Waals surface area contributed by atoms with Gasteiger partial charge in [0.25, 0.3) is 5.91 Å². The highest BCUT2D eigenvalue weighted by atomic mass is 16.1. The van der Waals surface area contributed by atoms with Crippen LogP contribution in [0, 0.1) is 0 Å². The van der Waals surface area contributed by atoms with Crippen LogP contribution in [0.2, 0.25) is 0 Å². The van der Waals surface area contributed by atoms with E-state index in [9.17, 15) is 4.79 Å². The van der Waals surface area contributed by atoms with E-state index in [1.165, 1.54) is 10.9 Å². The fourth-order valence-corrected chi connectivity index (χ4v) is 2.06. The van der Waals surface area contributed by atoms with Gasteiger partial charge in [-0.15, -0.1) is 0 Å². The van der Waals surface area contributed by atoms with Crippen molar-refractivity contribution in [1.29, 1.82) is 0 Å². The van der Waals surface area contributed by atoms with Crippen molar-refractivity contribution in [2.24, 2.45) is 11.5 Å². The van der Waals surface area contributed by atoms with E-state index in [1.54, 1.807) is 6.20 Å². The Morgan fingerprint density at radius 1 is 1.30 bits per heavy atom. The first kappa shape index (κ1) is 12.3. The van der Waals surface area contributed by atoms with Gasteiger partial charge in [0.2, 0.25) is 0 Å². The van der Waals surface area contributed by atoms with Gasteiger partial charge in [-0.3, -0.25) is 4.79 Å². The van der Waals surface area contributed by atoms with Crippen LogP contribution < -0.4 is 11.5 Å². The third-order valence-electron chi connectivity index (χ3n) is 3.08. The molecule has 0 saturated carbocycles. The predicted molar refractivity (Wildman–Crippen MR) is 75.3 cm³/mol. The highest BCUT2D eigenvalue weighted by Gasteiger charge is 2.11. The number of rotatable bonds is 3. The first-order valence-electron chi connectivity index (χ1n) is 6.12. The molecule has 1 aromatic carbocycles. The highest BCUT2D eigenvalue weighted by molar-refractivity contribution is 5.92. The van der Waals surface area contributed by atoms with Crippen LogP contribution in [0.25, 0.3) is 16.7 Å². The van der Waals surface area contributed by atoms with Gasteiger partial charge in [0.05, 0.1) is 17.3 Å². The quantitative estimate of drug-likeness (QED) is 0.738. The second-order valence-electron chi connectivity index (χ2n) is 4.41. The van der Waals surface area contributed by atoms with Gasteiger partial charge < -0.3 is 11.5 Å². The zero-order valence-electron chi connectivity index (χ0n) is 10.7. The van der Waals surface area contributed by atoms with Crippen LogP contribution in [0.1, 0.15) is 15.9 Å². The summed E-state index contributed by atoms with van der Waals surface area (Å²) < 4.78 is 1.52. The lowest BCUT2D eigenvalue weighted by Gasteiger charge is -2.08. The standard InChI is InChI=1S/C14H13N5O/c15-6-10-5-9-3-1-2-4-12(9)18-14(10)19-8-11(7-17-19)13(16)20/h1-5,7-8H,6,15H2,(H2,16,20). The normalized spacial score (nSPS) is 10.8. The van der Waals surface area contributed by atoms with Gasteiger partial charge in [-0.05, 0) is 12.1 Å². The first-order valence-corrected chi connectivity index (χ1v) is 6.12. The van der Waals surface area contributed by atoms with Gasteiger partial charge >= 0.3 is 0 Å². The molecule has 3 aromatic rings. The number of carbonyl (C=O) groups excluding carboxylic acids is 1. The van der Waals surface area contributed by atoms with Gasteiger partial charge in [0.15, 0.2) is 5.82 Å². The Morgan fingerprint density at radius 2 is 2.10 bits per heavy atom. The minimum absolute atomic E-state index is 0.332. The molecule has 0 bridgehead atoms. The largest absolute Gasteiger partial charge is 0.366 e. The number of hydrogen-bond acceptors (Lipinski definition) is 4. The SMILES string of the molecule is NCc1cc2ccccc2nc1-n1cc(C(N)=O)cn1. The Labute approximate surface area is 115 Å². The molecule has 3 rings (SSSR count). The van der Waals surface area contributed by atoms with Crippen molar-refractivity contribution in [3.05, 3.63) is 53.9 Å². The average molecular weight is 267 g/mol. The molecule has 1 amide bonds. The topological polar surface area (TPSA) is 99.8 Å². The maximum Gasteiger partial charge on any atom is 0.251 e. The van der Waals surface area contributed by atoms with Crippen molar-refractivity contribution in [2.75, 3.05) is 0 Å². The number of benzene rings is 1. The summed E-state index contributed by atoms with van der Waals surface area (Å²) in [7, 11) is 0. The van der Waals surface area contributed by atoms with Crippen LogP contribution >= 0.6 is 0 Å². The number of para-hydroxylation sites is 1. The van der Waals surface area contributed by atoms with Crippen LogP contribution in [-0.2, 0) is 6.54 Å². The van der Waals surface area contributed by atoms with E-state index < -0.39 is 5.91 Å². The van der Waals surface area contributed by atoms with Crippen LogP contribution in [0.4, 0.5) is 0 Å². The number of pyridine rings is 1. The molecule has 100 valence electrons. The van der Waals surface area contributed by atoms with Crippen molar-refractivity contribution in [3.63, 3.8) is 0 Å². The molecule has 2 heterocycles. The van der Waals surface area contributed by atoms with E-state index in [1.807, 2.05) is 30.3 Å². The monoisotopic (exact) mass is 267 g/mol. The average Bonchev–Trinajstić information content (AvgIpc) is 2.95. The lowest BCUT2D eigenvalue weighted by atomic mass is 10.1. The summed E-state index contributed by atoms with van der Waals surface area (Å²) in [6, 6.07) is 9.73. The van der Waals surface area contributed by atoms with Crippen LogP contribution in [0.15, 0.2) is 42.7 Å². The second-order valence-corrected chi connectivity index (χ2v) is 4.41. The molecule has 0 fully saturated rings. The molecule has 0 aliphatic heterocycles. The third-order valence-corrected chi connectivity index (χ3v) is 3.08. The van der Waals surface area contributed by atoms with Crippen molar-refractivity contribution in [1.82, 2.24) is 14.8 Å². The molecule has 4 N–H and O–H groups in total. The number of fused-ring (bicyclic) bond motifs is 1. The lowest BCUT2D eigenvalue weighted by Crippen LogP contribution is -2.10. The number of aromatic nitrogens is 3. The molecular formula is C14H13N5O. The molecule has 0 saturated heterocycles. The Morgan fingerprint density at radius 3 is 2.80 bits per heavy atom. The van der Waals surface area contributed by atoms with Crippen LogP contribution in [0.3, 0.4) is 0 Å². The molecule has 20 heavy (non-hydrogen) atoms. The first-order chi connectivity index (χ1) is 9.69. The van der Waals surface area contributed by atoms with E-state index in [2.05, 4.69) is 10.1 Å². The van der Waals surface area contributed by atoms with Gasteiger partial charge in [-0.1, -0.05) is 18.2 Å².